The zero-order chi connectivity index (χ0) is 17.8. The Morgan fingerprint density at radius 3 is 2.60 bits per heavy atom. The zero-order valence-electron chi connectivity index (χ0n) is 15.1. The van der Waals surface area contributed by atoms with Gasteiger partial charge in [0.15, 0.2) is 5.16 Å². The third-order valence-corrected chi connectivity index (χ3v) is 5.29. The third kappa shape index (κ3) is 4.84. The summed E-state index contributed by atoms with van der Waals surface area (Å²) in [6.45, 7) is 7.57. The number of nitrogens with zero attached hydrogens (tertiary/aromatic N) is 3. The molecule has 1 aromatic carbocycles. The first kappa shape index (κ1) is 18.0. The molecule has 0 spiro atoms. The van der Waals surface area contributed by atoms with E-state index >= 15 is 0 Å². The van der Waals surface area contributed by atoms with E-state index in [2.05, 4.69) is 46.1 Å². The number of hydrogen-bond donors (Lipinski definition) is 1. The van der Waals surface area contributed by atoms with Crippen LogP contribution in [0.4, 0.5) is 0 Å². The highest BCUT2D eigenvalue weighted by molar-refractivity contribution is 8.00. The first-order valence-corrected chi connectivity index (χ1v) is 9.84. The lowest BCUT2D eigenvalue weighted by Crippen LogP contribution is -2.33. The molecule has 5 nitrogen and oxygen atoms in total. The van der Waals surface area contributed by atoms with Crippen molar-refractivity contribution in [2.75, 3.05) is 6.54 Å². The van der Waals surface area contributed by atoms with Gasteiger partial charge in [0.25, 0.3) is 0 Å². The number of carbonyl (C=O) groups is 1. The summed E-state index contributed by atoms with van der Waals surface area (Å²) < 4.78 is 2.18. The van der Waals surface area contributed by atoms with Gasteiger partial charge in [0.05, 0.1) is 11.8 Å². The Kier molecular flexibility index (Phi) is 5.78. The average Bonchev–Trinajstić information content (AvgIpc) is 3.37. The van der Waals surface area contributed by atoms with Crippen LogP contribution in [0.3, 0.4) is 0 Å². The minimum atomic E-state index is -0.190. The molecule has 0 saturated heterocycles. The van der Waals surface area contributed by atoms with E-state index in [1.165, 1.54) is 30.2 Å². The highest BCUT2D eigenvalue weighted by atomic mass is 32.2. The fraction of sp³-hybridized carbons (Fsp3) is 0.526. The second kappa shape index (κ2) is 8.04. The van der Waals surface area contributed by atoms with E-state index in [-0.39, 0.29) is 11.2 Å². The summed E-state index contributed by atoms with van der Waals surface area (Å²) >= 11 is 1.49. The molecule has 1 aliphatic carbocycles. The van der Waals surface area contributed by atoms with Gasteiger partial charge in [-0.2, -0.15) is 0 Å². The van der Waals surface area contributed by atoms with Gasteiger partial charge in [-0.15, -0.1) is 10.2 Å². The van der Waals surface area contributed by atoms with Crippen LogP contribution in [0.1, 0.15) is 50.9 Å². The lowest BCUT2D eigenvalue weighted by Gasteiger charge is -2.14. The Morgan fingerprint density at radius 2 is 1.96 bits per heavy atom. The molecule has 6 heteroatoms. The van der Waals surface area contributed by atoms with Crippen LogP contribution in [0.25, 0.3) is 0 Å². The van der Waals surface area contributed by atoms with Gasteiger partial charge in [0.1, 0.15) is 5.82 Å². The van der Waals surface area contributed by atoms with E-state index in [9.17, 15) is 4.79 Å². The summed E-state index contributed by atoms with van der Waals surface area (Å²) in [6.07, 6.45) is 2.37. The largest absolute Gasteiger partial charge is 0.355 e. The van der Waals surface area contributed by atoms with E-state index in [0.29, 0.717) is 18.4 Å². The fourth-order valence-electron chi connectivity index (χ4n) is 2.61. The van der Waals surface area contributed by atoms with Crippen molar-refractivity contribution in [1.82, 2.24) is 20.1 Å². The molecule has 1 aliphatic rings. The normalized spacial score (nSPS) is 15.4. The van der Waals surface area contributed by atoms with Crippen molar-refractivity contribution in [2.45, 2.75) is 56.5 Å². The first-order valence-electron chi connectivity index (χ1n) is 8.96. The van der Waals surface area contributed by atoms with Crippen LogP contribution in [0.5, 0.6) is 0 Å². The number of amides is 1. The van der Waals surface area contributed by atoms with Gasteiger partial charge in [-0.05, 0) is 31.2 Å². The maximum absolute atomic E-state index is 12.3. The number of benzene rings is 1. The molecule has 2 aromatic rings. The van der Waals surface area contributed by atoms with Crippen LogP contribution in [-0.4, -0.2) is 32.5 Å². The highest BCUT2D eigenvalue weighted by Gasteiger charge is 2.31. The Bertz CT molecular complexity index is 709. The average molecular weight is 359 g/mol. The number of hydrogen-bond acceptors (Lipinski definition) is 4. The van der Waals surface area contributed by atoms with Gasteiger partial charge < -0.3 is 9.88 Å². The predicted octanol–water partition coefficient (Wildman–Crippen LogP) is 3.46. The van der Waals surface area contributed by atoms with Crippen LogP contribution in [0.15, 0.2) is 35.5 Å². The molecule has 0 unspecified atom stereocenters. The fourth-order valence-corrected chi connectivity index (χ4v) is 3.49. The Morgan fingerprint density at radius 1 is 1.24 bits per heavy atom. The molecule has 3 rings (SSSR count). The molecular weight excluding hydrogens is 332 g/mol. The van der Waals surface area contributed by atoms with Crippen molar-refractivity contribution in [2.24, 2.45) is 5.92 Å². The summed E-state index contributed by atoms with van der Waals surface area (Å²) in [5.41, 5.74) is 1.22. The van der Waals surface area contributed by atoms with E-state index in [1.54, 1.807) is 0 Å². The molecule has 0 bridgehead atoms. The third-order valence-electron chi connectivity index (χ3n) is 4.21. The molecule has 1 aromatic heterocycles. The first-order chi connectivity index (χ1) is 12.0. The molecule has 0 radical (unpaired) electrons. The molecule has 1 heterocycles. The van der Waals surface area contributed by atoms with Gasteiger partial charge in [-0.3, -0.25) is 4.79 Å². The molecule has 1 N–H and O–H groups in total. The van der Waals surface area contributed by atoms with E-state index in [1.807, 2.05) is 25.1 Å². The van der Waals surface area contributed by atoms with Gasteiger partial charge in [-0.25, -0.2) is 0 Å². The van der Waals surface area contributed by atoms with E-state index < -0.39 is 0 Å². The Balaban J connectivity index is 1.73. The minimum absolute atomic E-state index is 0.0564. The van der Waals surface area contributed by atoms with Crippen molar-refractivity contribution in [3.05, 3.63) is 41.7 Å². The van der Waals surface area contributed by atoms with E-state index in [4.69, 9.17) is 0 Å². The standard InChI is InChI=1S/C19H26N4OS/c1-13(2)11-20-18(24)14(3)25-19-22-21-17(16-9-10-16)23(19)12-15-7-5-4-6-8-15/h4-8,13-14,16H,9-12H2,1-3H3,(H,20,24)/t14-/m0/s1. The number of aromatic nitrogens is 3. The summed E-state index contributed by atoms with van der Waals surface area (Å²) in [6, 6.07) is 10.3. The second-order valence-electron chi connectivity index (χ2n) is 7.09. The lowest BCUT2D eigenvalue weighted by molar-refractivity contribution is -0.120. The second-order valence-corrected chi connectivity index (χ2v) is 8.39. The smallest absolute Gasteiger partial charge is 0.233 e. The minimum Gasteiger partial charge on any atom is -0.355 e. The number of nitrogens with one attached hydrogen (secondary N) is 1. The maximum Gasteiger partial charge on any atom is 0.233 e. The Hall–Kier alpha value is -1.82. The van der Waals surface area contributed by atoms with Crippen LogP contribution < -0.4 is 5.32 Å². The zero-order valence-corrected chi connectivity index (χ0v) is 15.9. The van der Waals surface area contributed by atoms with Crippen molar-refractivity contribution in [3.8, 4) is 0 Å². The lowest BCUT2D eigenvalue weighted by atomic mass is 10.2. The van der Waals surface area contributed by atoms with Crippen molar-refractivity contribution in [1.29, 1.82) is 0 Å². The van der Waals surface area contributed by atoms with Crippen LogP contribution in [-0.2, 0) is 11.3 Å². The monoisotopic (exact) mass is 358 g/mol. The maximum atomic E-state index is 12.3. The van der Waals surface area contributed by atoms with E-state index in [0.717, 1.165) is 17.5 Å². The Labute approximate surface area is 153 Å². The molecule has 1 fully saturated rings. The summed E-state index contributed by atoms with van der Waals surface area (Å²) in [4.78, 5) is 12.3. The molecule has 0 aliphatic heterocycles. The molecule has 1 atom stereocenters. The predicted molar refractivity (Wildman–Crippen MR) is 101 cm³/mol. The SMILES string of the molecule is CC(C)CNC(=O)[C@H](C)Sc1nnc(C2CC2)n1Cc1ccccc1. The van der Waals surface area contributed by atoms with Crippen molar-refractivity contribution in [3.63, 3.8) is 0 Å². The topological polar surface area (TPSA) is 59.8 Å². The highest BCUT2D eigenvalue weighted by Crippen LogP contribution is 2.40. The molecule has 25 heavy (non-hydrogen) atoms. The van der Waals surface area contributed by atoms with Gasteiger partial charge in [0.2, 0.25) is 5.91 Å². The summed E-state index contributed by atoms with van der Waals surface area (Å²) in [7, 11) is 0. The summed E-state index contributed by atoms with van der Waals surface area (Å²) in [5.74, 6) is 2.09. The van der Waals surface area contributed by atoms with Crippen molar-refractivity contribution >= 4 is 17.7 Å². The number of carbonyl (C=O) groups excluding carboxylic acids is 1. The van der Waals surface area contributed by atoms with Crippen LogP contribution in [0.2, 0.25) is 0 Å². The molecular formula is C19H26N4OS. The number of thioether (sulfide) groups is 1. The quantitative estimate of drug-likeness (QED) is 0.734. The van der Waals surface area contributed by atoms with Crippen LogP contribution >= 0.6 is 11.8 Å². The molecule has 1 amide bonds. The molecule has 1 saturated carbocycles. The van der Waals surface area contributed by atoms with Crippen LogP contribution in [0, 0.1) is 5.92 Å². The molecule has 134 valence electrons. The van der Waals surface area contributed by atoms with Crippen molar-refractivity contribution < 1.29 is 4.79 Å². The van der Waals surface area contributed by atoms with Gasteiger partial charge in [0, 0.05) is 12.5 Å². The van der Waals surface area contributed by atoms with Gasteiger partial charge >= 0.3 is 0 Å². The summed E-state index contributed by atoms with van der Waals surface area (Å²) in [5, 5.41) is 12.4. The van der Waals surface area contributed by atoms with Gasteiger partial charge in [-0.1, -0.05) is 55.9 Å². The number of rotatable bonds is 8.